The molecular formula is C25H26ClN5O6S. The maximum absolute atomic E-state index is 13.7. The summed E-state index contributed by atoms with van der Waals surface area (Å²) >= 11 is 6.62. The van der Waals surface area contributed by atoms with Crippen molar-refractivity contribution in [3.8, 4) is 0 Å². The van der Waals surface area contributed by atoms with Gasteiger partial charge in [-0.3, -0.25) is 9.59 Å². The van der Waals surface area contributed by atoms with E-state index in [1.54, 1.807) is 18.2 Å². The third-order valence-corrected chi connectivity index (χ3v) is 7.46. The van der Waals surface area contributed by atoms with Gasteiger partial charge >= 0.3 is 0 Å². The molecule has 1 unspecified atom stereocenters. The molecule has 38 heavy (non-hydrogen) atoms. The van der Waals surface area contributed by atoms with Gasteiger partial charge in [-0.05, 0) is 47.0 Å². The number of aryl methyl sites for hydroxylation is 1. The molecule has 2 heterocycles. The zero-order chi connectivity index (χ0) is 27.3. The molecule has 1 atom stereocenters. The molecular weight excluding hydrogens is 534 g/mol. The number of sulfone groups is 1. The number of hydrogen-bond donors (Lipinski definition) is 0. The van der Waals surface area contributed by atoms with E-state index < -0.39 is 21.7 Å². The number of aromatic nitrogens is 4. The van der Waals surface area contributed by atoms with E-state index >= 15 is 0 Å². The van der Waals surface area contributed by atoms with Crippen molar-refractivity contribution in [2.75, 3.05) is 24.4 Å². The first kappa shape index (κ1) is 27.6. The highest BCUT2D eigenvalue weighted by Gasteiger charge is 2.31. The highest BCUT2D eigenvalue weighted by Crippen LogP contribution is 2.31. The van der Waals surface area contributed by atoms with Gasteiger partial charge in [0.25, 0.3) is 17.8 Å². The molecule has 1 aliphatic heterocycles. The SMILES string of the molecule is Cn1nnnc1N(C(=O)/C=C/c1ccccc1)C(=O)c1ccc(S(C)(=O)=O)c(COCC2CCCO2)c1Cl. The van der Waals surface area contributed by atoms with Crippen molar-refractivity contribution in [3.05, 3.63) is 70.3 Å². The predicted octanol–water partition coefficient (Wildman–Crippen LogP) is 2.85. The molecule has 0 bridgehead atoms. The van der Waals surface area contributed by atoms with Crippen LogP contribution in [0.4, 0.5) is 5.95 Å². The van der Waals surface area contributed by atoms with Crippen LogP contribution in [-0.2, 0) is 37.8 Å². The summed E-state index contributed by atoms with van der Waals surface area (Å²) in [5.41, 5.74) is 0.742. The van der Waals surface area contributed by atoms with Gasteiger partial charge in [0.2, 0.25) is 0 Å². The lowest BCUT2D eigenvalue weighted by molar-refractivity contribution is -0.113. The predicted molar refractivity (Wildman–Crippen MR) is 139 cm³/mol. The lowest BCUT2D eigenvalue weighted by atomic mass is 10.1. The lowest BCUT2D eigenvalue weighted by Crippen LogP contribution is -2.38. The van der Waals surface area contributed by atoms with E-state index in [9.17, 15) is 18.0 Å². The number of anilines is 1. The minimum atomic E-state index is -3.71. The molecule has 4 rings (SSSR count). The normalized spacial score (nSPS) is 15.7. The van der Waals surface area contributed by atoms with Gasteiger partial charge in [0, 0.05) is 31.5 Å². The smallest absolute Gasteiger partial charge is 0.269 e. The van der Waals surface area contributed by atoms with Crippen LogP contribution in [0, 0.1) is 0 Å². The van der Waals surface area contributed by atoms with Crippen molar-refractivity contribution in [2.24, 2.45) is 7.05 Å². The molecule has 1 saturated heterocycles. The van der Waals surface area contributed by atoms with Crippen molar-refractivity contribution in [2.45, 2.75) is 30.4 Å². The van der Waals surface area contributed by atoms with Crippen molar-refractivity contribution in [3.63, 3.8) is 0 Å². The molecule has 0 aliphatic carbocycles. The number of halogens is 1. The average Bonchev–Trinajstić information content (AvgIpc) is 3.56. The monoisotopic (exact) mass is 559 g/mol. The Morgan fingerprint density at radius 1 is 1.24 bits per heavy atom. The molecule has 2 amide bonds. The van der Waals surface area contributed by atoms with E-state index in [1.165, 1.54) is 25.3 Å². The lowest BCUT2D eigenvalue weighted by Gasteiger charge is -2.20. The fraction of sp³-hybridized carbons (Fsp3) is 0.320. The van der Waals surface area contributed by atoms with Crippen LogP contribution in [0.5, 0.6) is 0 Å². The van der Waals surface area contributed by atoms with Crippen molar-refractivity contribution in [1.29, 1.82) is 0 Å². The fourth-order valence-corrected chi connectivity index (χ4v) is 5.23. The molecule has 1 aromatic heterocycles. The van der Waals surface area contributed by atoms with Gasteiger partial charge in [-0.25, -0.2) is 18.0 Å². The second kappa shape index (κ2) is 11.9. The first-order chi connectivity index (χ1) is 18.2. The van der Waals surface area contributed by atoms with E-state index in [-0.39, 0.29) is 46.3 Å². The van der Waals surface area contributed by atoms with Crippen LogP contribution in [0.3, 0.4) is 0 Å². The van der Waals surface area contributed by atoms with Crippen LogP contribution in [0.15, 0.2) is 53.4 Å². The number of rotatable bonds is 9. The second-order valence-electron chi connectivity index (χ2n) is 8.65. The Bertz CT molecular complexity index is 1450. The number of nitrogens with zero attached hydrogens (tertiary/aromatic N) is 5. The third kappa shape index (κ3) is 6.33. The molecule has 0 N–H and O–H groups in total. The van der Waals surface area contributed by atoms with Crippen LogP contribution in [0.2, 0.25) is 5.02 Å². The molecule has 3 aromatic rings. The van der Waals surface area contributed by atoms with E-state index in [0.717, 1.165) is 34.2 Å². The largest absolute Gasteiger partial charge is 0.376 e. The zero-order valence-corrected chi connectivity index (χ0v) is 22.4. The summed E-state index contributed by atoms with van der Waals surface area (Å²) in [4.78, 5) is 27.7. The molecule has 13 heteroatoms. The number of carbonyl (C=O) groups excluding carboxylic acids is 2. The van der Waals surface area contributed by atoms with Gasteiger partial charge < -0.3 is 9.47 Å². The minimum absolute atomic E-state index is 0.0754. The van der Waals surface area contributed by atoms with Crippen LogP contribution in [0.25, 0.3) is 6.08 Å². The topological polar surface area (TPSA) is 134 Å². The molecule has 11 nitrogen and oxygen atoms in total. The molecule has 200 valence electrons. The first-order valence-electron chi connectivity index (χ1n) is 11.7. The Labute approximate surface area is 224 Å². The number of ether oxygens (including phenoxy) is 2. The van der Waals surface area contributed by atoms with E-state index in [0.29, 0.717) is 6.61 Å². The van der Waals surface area contributed by atoms with Crippen LogP contribution >= 0.6 is 11.6 Å². The van der Waals surface area contributed by atoms with Crippen molar-refractivity contribution < 1.29 is 27.5 Å². The zero-order valence-electron chi connectivity index (χ0n) is 20.8. The third-order valence-electron chi connectivity index (χ3n) is 5.84. The van der Waals surface area contributed by atoms with Gasteiger partial charge in [0.05, 0.1) is 34.8 Å². The first-order valence-corrected chi connectivity index (χ1v) is 14.0. The number of imide groups is 1. The summed E-state index contributed by atoms with van der Waals surface area (Å²) in [6, 6.07) is 11.6. The summed E-state index contributed by atoms with van der Waals surface area (Å²) in [5, 5.41) is 10.9. The van der Waals surface area contributed by atoms with Crippen molar-refractivity contribution >= 4 is 45.3 Å². The minimum Gasteiger partial charge on any atom is -0.376 e. The Balaban J connectivity index is 1.69. The quantitative estimate of drug-likeness (QED) is 0.363. The molecule has 1 fully saturated rings. The molecule has 0 saturated carbocycles. The number of hydrogen-bond acceptors (Lipinski definition) is 9. The number of benzene rings is 2. The maximum Gasteiger partial charge on any atom is 0.269 e. The van der Waals surface area contributed by atoms with Crippen LogP contribution in [-0.4, -0.2) is 66.0 Å². The van der Waals surface area contributed by atoms with Gasteiger partial charge in [-0.1, -0.05) is 47.0 Å². The standard InChI is InChI=1S/C25H26ClN5O6S/c1-30-25(27-28-29-30)31(22(32)13-10-17-7-4-3-5-8-17)24(33)19-11-12-21(38(2,34)35)20(23(19)26)16-36-15-18-9-6-14-37-18/h3-5,7-8,10-13,18H,6,9,14-16H2,1-2H3/b13-10+. The summed E-state index contributed by atoms with van der Waals surface area (Å²) in [5.74, 6) is -1.70. The molecule has 2 aromatic carbocycles. The molecule has 1 aliphatic rings. The number of tetrazole rings is 1. The van der Waals surface area contributed by atoms with Crippen LogP contribution in [0.1, 0.15) is 34.3 Å². The van der Waals surface area contributed by atoms with E-state index in [1.807, 2.05) is 18.2 Å². The second-order valence-corrected chi connectivity index (χ2v) is 11.0. The van der Waals surface area contributed by atoms with E-state index in [4.69, 9.17) is 21.1 Å². The summed E-state index contributed by atoms with van der Waals surface area (Å²) < 4.78 is 37.4. The average molecular weight is 560 g/mol. The van der Waals surface area contributed by atoms with Gasteiger partial charge in [-0.2, -0.15) is 0 Å². The Morgan fingerprint density at radius 3 is 2.63 bits per heavy atom. The maximum atomic E-state index is 13.7. The highest BCUT2D eigenvalue weighted by atomic mass is 35.5. The Morgan fingerprint density at radius 2 is 2.00 bits per heavy atom. The molecule has 0 radical (unpaired) electrons. The Kier molecular flexibility index (Phi) is 8.67. The highest BCUT2D eigenvalue weighted by molar-refractivity contribution is 7.90. The fourth-order valence-electron chi connectivity index (χ4n) is 3.95. The van der Waals surface area contributed by atoms with Crippen molar-refractivity contribution in [1.82, 2.24) is 20.2 Å². The van der Waals surface area contributed by atoms with Gasteiger partial charge in [0.15, 0.2) is 9.84 Å². The number of amides is 2. The van der Waals surface area contributed by atoms with E-state index in [2.05, 4.69) is 15.5 Å². The van der Waals surface area contributed by atoms with Gasteiger partial charge in [0.1, 0.15) is 0 Å². The molecule has 0 spiro atoms. The Hall–Kier alpha value is -3.45. The summed E-state index contributed by atoms with van der Waals surface area (Å²) in [6.45, 7) is 0.722. The van der Waals surface area contributed by atoms with Crippen LogP contribution < -0.4 is 4.90 Å². The summed E-state index contributed by atoms with van der Waals surface area (Å²) in [6.07, 6.45) is 5.47. The number of carbonyl (C=O) groups is 2. The summed E-state index contributed by atoms with van der Waals surface area (Å²) in [7, 11) is -2.23. The van der Waals surface area contributed by atoms with Gasteiger partial charge in [-0.15, -0.1) is 0 Å².